The minimum atomic E-state index is 0.753. The maximum Gasteiger partial charge on any atom is 0.0412 e. The zero-order valence-electron chi connectivity index (χ0n) is 16.1. The van der Waals surface area contributed by atoms with Crippen LogP contribution in [-0.2, 0) is 0 Å². The first-order chi connectivity index (χ1) is 14.8. The smallest absolute Gasteiger partial charge is 0.0412 e. The van der Waals surface area contributed by atoms with Crippen molar-refractivity contribution in [3.8, 4) is 72.1 Å². The number of hydrogen-bond acceptors (Lipinski definition) is 0. The molecule has 0 unspecified atom stereocenters. The molecule has 3 aromatic rings. The van der Waals surface area contributed by atoms with E-state index in [1.54, 1.807) is 0 Å². The number of rotatable bonds is 0. The van der Waals surface area contributed by atoms with Gasteiger partial charge in [0.15, 0.2) is 0 Å². The lowest BCUT2D eigenvalue weighted by Gasteiger charge is -1.94. The van der Waals surface area contributed by atoms with Gasteiger partial charge in [0.1, 0.15) is 0 Å². The molecule has 134 valence electrons. The third-order valence-electron chi connectivity index (χ3n) is 4.01. The van der Waals surface area contributed by atoms with Gasteiger partial charge in [0, 0.05) is 33.4 Å². The molecule has 0 aromatic heterocycles. The predicted molar refractivity (Wildman–Crippen MR) is 123 cm³/mol. The Morgan fingerprint density at radius 2 is 0.600 bits per heavy atom. The topological polar surface area (TPSA) is 0 Å². The van der Waals surface area contributed by atoms with Crippen LogP contribution in [0.1, 0.15) is 33.4 Å². The fourth-order valence-electron chi connectivity index (χ4n) is 2.53. The summed E-state index contributed by atoms with van der Waals surface area (Å²) >= 11 is 0. The van der Waals surface area contributed by atoms with Gasteiger partial charge < -0.3 is 0 Å². The summed E-state index contributed by atoms with van der Waals surface area (Å²) in [4.78, 5) is 0. The summed E-state index contributed by atoms with van der Waals surface area (Å²) in [5.41, 5.74) is 4.65. The van der Waals surface area contributed by atoms with Crippen molar-refractivity contribution in [3.05, 3.63) is 106 Å². The first-order valence-corrected chi connectivity index (χ1v) is 9.06. The van der Waals surface area contributed by atoms with Crippen molar-refractivity contribution >= 4 is 0 Å². The third-order valence-corrected chi connectivity index (χ3v) is 4.01. The van der Waals surface area contributed by atoms with Gasteiger partial charge in [0.05, 0.1) is 0 Å². The van der Waals surface area contributed by atoms with Crippen molar-refractivity contribution in [2.75, 3.05) is 0 Å². The van der Waals surface area contributed by atoms with Crippen molar-refractivity contribution in [2.45, 2.75) is 0 Å². The average Bonchev–Trinajstić information content (AvgIpc) is 2.80. The van der Waals surface area contributed by atoms with Gasteiger partial charge in [0.2, 0.25) is 0 Å². The van der Waals surface area contributed by atoms with Crippen LogP contribution in [0.2, 0.25) is 0 Å². The molecule has 0 nitrogen and oxygen atoms in total. The molecule has 0 aliphatic rings. The lowest BCUT2D eigenvalue weighted by Crippen LogP contribution is -1.83. The van der Waals surface area contributed by atoms with E-state index in [4.69, 9.17) is 12.8 Å². The standard InChI is InChI=1S/C30H14/c1-3-25-15-5-7-17-27(25)19-9-11-21-29-23-13-14-24-30(29)22-12-10-20-28-18-8-6-16-26(28)4-2/h1-2,5-8,13-18,23-24H. The highest BCUT2D eigenvalue weighted by atomic mass is 14.0. The Bertz CT molecular complexity index is 1310. The lowest BCUT2D eigenvalue weighted by atomic mass is 10.1. The summed E-state index contributed by atoms with van der Waals surface area (Å²) in [5, 5.41) is 0. The van der Waals surface area contributed by atoms with Crippen molar-refractivity contribution in [3.63, 3.8) is 0 Å². The third kappa shape index (κ3) is 5.27. The van der Waals surface area contributed by atoms with E-state index in [1.165, 1.54) is 0 Å². The van der Waals surface area contributed by atoms with Crippen LogP contribution in [-0.4, -0.2) is 0 Å². The molecule has 3 rings (SSSR count). The van der Waals surface area contributed by atoms with Crippen LogP contribution in [0.3, 0.4) is 0 Å². The summed E-state index contributed by atoms with van der Waals surface area (Å²) in [5.74, 6) is 28.8. The Kier molecular flexibility index (Phi) is 6.84. The van der Waals surface area contributed by atoms with E-state index < -0.39 is 0 Å². The van der Waals surface area contributed by atoms with Crippen LogP contribution < -0.4 is 0 Å². The van der Waals surface area contributed by atoms with E-state index in [2.05, 4.69) is 59.2 Å². The van der Waals surface area contributed by atoms with E-state index in [0.717, 1.165) is 33.4 Å². The molecule has 0 heterocycles. The lowest BCUT2D eigenvalue weighted by molar-refractivity contribution is 1.59. The van der Waals surface area contributed by atoms with Crippen molar-refractivity contribution in [1.82, 2.24) is 0 Å². The van der Waals surface area contributed by atoms with Crippen LogP contribution in [0.5, 0.6) is 0 Å². The second-order valence-corrected chi connectivity index (χ2v) is 5.93. The second kappa shape index (κ2) is 10.4. The molecular weight excluding hydrogens is 360 g/mol. The van der Waals surface area contributed by atoms with E-state index in [0.29, 0.717) is 0 Å². The Labute approximate surface area is 178 Å². The van der Waals surface area contributed by atoms with Crippen LogP contribution in [0.4, 0.5) is 0 Å². The molecule has 0 fully saturated rings. The van der Waals surface area contributed by atoms with Crippen molar-refractivity contribution in [1.29, 1.82) is 0 Å². The molecule has 0 atom stereocenters. The van der Waals surface area contributed by atoms with Gasteiger partial charge >= 0.3 is 0 Å². The molecule has 0 N–H and O–H groups in total. The summed E-state index contributed by atoms with van der Waals surface area (Å²) < 4.78 is 0. The highest BCUT2D eigenvalue weighted by Crippen LogP contribution is 2.07. The minimum Gasteiger partial charge on any atom is -0.115 e. The molecule has 0 spiro atoms. The minimum absolute atomic E-state index is 0.753. The average molecular weight is 374 g/mol. The van der Waals surface area contributed by atoms with Crippen molar-refractivity contribution < 1.29 is 0 Å². The maximum atomic E-state index is 5.49. The summed E-state index contributed by atoms with van der Waals surface area (Å²) in [6.07, 6.45) is 11.0. The molecule has 30 heavy (non-hydrogen) atoms. The summed E-state index contributed by atoms with van der Waals surface area (Å²) in [6.45, 7) is 0. The van der Waals surface area contributed by atoms with Crippen LogP contribution in [0.15, 0.2) is 72.8 Å². The molecule has 0 aliphatic carbocycles. The zero-order chi connectivity index (χ0) is 21.0. The van der Waals surface area contributed by atoms with Gasteiger partial charge in [-0.3, -0.25) is 0 Å². The van der Waals surface area contributed by atoms with Gasteiger partial charge in [-0.1, -0.05) is 71.9 Å². The largest absolute Gasteiger partial charge is 0.115 e. The van der Waals surface area contributed by atoms with E-state index >= 15 is 0 Å². The predicted octanol–water partition coefficient (Wildman–Crippen LogP) is 4.46. The molecule has 0 saturated carbocycles. The Morgan fingerprint density at radius 1 is 0.367 bits per heavy atom. The highest BCUT2D eigenvalue weighted by Gasteiger charge is 1.95. The number of hydrogen-bond donors (Lipinski definition) is 0. The fourth-order valence-corrected chi connectivity index (χ4v) is 2.53. The maximum absolute atomic E-state index is 5.49. The fraction of sp³-hybridized carbons (Fsp3) is 0. The van der Waals surface area contributed by atoms with Crippen molar-refractivity contribution in [2.24, 2.45) is 0 Å². The number of terminal acetylenes is 2. The molecule has 0 heteroatoms. The van der Waals surface area contributed by atoms with Crippen LogP contribution >= 0.6 is 0 Å². The van der Waals surface area contributed by atoms with Gasteiger partial charge in [-0.15, -0.1) is 12.8 Å². The zero-order valence-corrected chi connectivity index (χ0v) is 16.1. The molecule has 0 radical (unpaired) electrons. The first-order valence-electron chi connectivity index (χ1n) is 9.06. The normalized spacial score (nSPS) is 8.20. The van der Waals surface area contributed by atoms with Gasteiger partial charge in [0.25, 0.3) is 0 Å². The Morgan fingerprint density at radius 3 is 0.867 bits per heavy atom. The molecular formula is C30H14. The second-order valence-electron chi connectivity index (χ2n) is 5.93. The summed E-state index contributed by atoms with van der Waals surface area (Å²) in [6, 6.07) is 22.6. The monoisotopic (exact) mass is 374 g/mol. The van der Waals surface area contributed by atoms with E-state index in [1.807, 2.05) is 72.8 Å². The number of benzene rings is 3. The van der Waals surface area contributed by atoms with Gasteiger partial charge in [-0.05, 0) is 60.1 Å². The highest BCUT2D eigenvalue weighted by molar-refractivity contribution is 5.56. The molecule has 0 aliphatic heterocycles. The SMILES string of the molecule is C#Cc1ccccc1C#CC#Cc1ccccc1C#CC#Cc1ccccc1C#C. The molecule has 0 amide bonds. The Hall–Kier alpha value is -4.98. The summed E-state index contributed by atoms with van der Waals surface area (Å²) in [7, 11) is 0. The Balaban J connectivity index is 1.82. The van der Waals surface area contributed by atoms with E-state index in [-0.39, 0.29) is 0 Å². The van der Waals surface area contributed by atoms with E-state index in [9.17, 15) is 0 Å². The first kappa shape index (κ1) is 19.8. The van der Waals surface area contributed by atoms with Crippen LogP contribution in [0, 0.1) is 72.1 Å². The van der Waals surface area contributed by atoms with Crippen LogP contribution in [0.25, 0.3) is 0 Å². The quantitative estimate of drug-likeness (QED) is 0.510. The van der Waals surface area contributed by atoms with Gasteiger partial charge in [-0.2, -0.15) is 0 Å². The molecule has 3 aromatic carbocycles. The molecule has 0 saturated heterocycles. The molecule has 0 bridgehead atoms. The van der Waals surface area contributed by atoms with Gasteiger partial charge in [-0.25, -0.2) is 0 Å².